The maximum Gasteiger partial charge on any atom is 0.251 e. The van der Waals surface area contributed by atoms with E-state index in [2.05, 4.69) is 36.7 Å². The molecule has 2 N–H and O–H groups in total. The van der Waals surface area contributed by atoms with E-state index in [1.165, 1.54) is 19.8 Å². The second-order valence-electron chi connectivity index (χ2n) is 7.63. The minimum Gasteiger partial charge on any atom is -0.370 e. The Bertz CT molecular complexity index is 879. The van der Waals surface area contributed by atoms with Gasteiger partial charge in [-0.25, -0.2) is 0 Å². The van der Waals surface area contributed by atoms with Crippen LogP contribution in [0.15, 0.2) is 36.5 Å². The number of rotatable bonds is 5. The lowest BCUT2D eigenvalue weighted by molar-refractivity contribution is -0.114. The normalized spacial score (nSPS) is 18.7. The van der Waals surface area contributed by atoms with Crippen molar-refractivity contribution in [1.29, 1.82) is 0 Å². The summed E-state index contributed by atoms with van der Waals surface area (Å²) in [7, 11) is 0. The largest absolute Gasteiger partial charge is 0.370 e. The van der Waals surface area contributed by atoms with Crippen LogP contribution in [-0.2, 0) is 4.79 Å². The highest BCUT2D eigenvalue weighted by Gasteiger charge is 2.26. The van der Waals surface area contributed by atoms with Crippen LogP contribution in [0.25, 0.3) is 0 Å². The third-order valence-corrected chi connectivity index (χ3v) is 5.41. The SMILES string of the molecule is CC(=O)Nc1ccc(C(=O)NC2CCN(c3cc(N4CCCC4)cnn3)C2)cc1. The maximum atomic E-state index is 12.6. The topological polar surface area (TPSA) is 90.5 Å². The summed E-state index contributed by atoms with van der Waals surface area (Å²) < 4.78 is 0. The number of benzene rings is 1. The fraction of sp³-hybridized carbons (Fsp3) is 0.429. The number of nitrogens with one attached hydrogen (secondary N) is 2. The highest BCUT2D eigenvalue weighted by molar-refractivity contribution is 5.95. The molecule has 8 heteroatoms. The van der Waals surface area contributed by atoms with Gasteiger partial charge in [-0.2, -0.15) is 5.10 Å². The van der Waals surface area contributed by atoms with E-state index in [9.17, 15) is 9.59 Å². The van der Waals surface area contributed by atoms with Gasteiger partial charge in [-0.05, 0) is 43.5 Å². The first-order valence-electron chi connectivity index (χ1n) is 10.1. The number of carbonyl (C=O) groups is 2. The molecule has 1 atom stereocenters. The number of aromatic nitrogens is 2. The Morgan fingerprint density at radius 2 is 1.83 bits per heavy atom. The van der Waals surface area contributed by atoms with Gasteiger partial charge in [0.15, 0.2) is 5.82 Å². The zero-order valence-electron chi connectivity index (χ0n) is 16.6. The Kier molecular flexibility index (Phi) is 5.59. The molecule has 1 aromatic carbocycles. The second-order valence-corrected chi connectivity index (χ2v) is 7.63. The highest BCUT2D eigenvalue weighted by Crippen LogP contribution is 2.25. The minimum atomic E-state index is -0.134. The van der Waals surface area contributed by atoms with E-state index in [4.69, 9.17) is 0 Å². The van der Waals surface area contributed by atoms with Crippen molar-refractivity contribution in [3.63, 3.8) is 0 Å². The van der Waals surface area contributed by atoms with E-state index in [0.717, 1.165) is 37.6 Å². The minimum absolute atomic E-state index is 0.0646. The lowest BCUT2D eigenvalue weighted by Crippen LogP contribution is -2.37. The fourth-order valence-corrected chi connectivity index (χ4v) is 3.91. The zero-order chi connectivity index (χ0) is 20.2. The van der Waals surface area contributed by atoms with Gasteiger partial charge in [-0.15, -0.1) is 5.10 Å². The summed E-state index contributed by atoms with van der Waals surface area (Å²) in [6.07, 6.45) is 5.14. The van der Waals surface area contributed by atoms with Crippen molar-refractivity contribution < 1.29 is 9.59 Å². The predicted octanol–water partition coefficient (Wildman–Crippen LogP) is 2.04. The smallest absolute Gasteiger partial charge is 0.251 e. The van der Waals surface area contributed by atoms with Crippen LogP contribution in [0, 0.1) is 0 Å². The number of hydrogen-bond donors (Lipinski definition) is 2. The molecule has 3 heterocycles. The van der Waals surface area contributed by atoms with E-state index in [-0.39, 0.29) is 17.9 Å². The molecule has 2 amide bonds. The lowest BCUT2D eigenvalue weighted by Gasteiger charge is -2.21. The van der Waals surface area contributed by atoms with E-state index in [1.54, 1.807) is 24.3 Å². The van der Waals surface area contributed by atoms with E-state index < -0.39 is 0 Å². The quantitative estimate of drug-likeness (QED) is 0.807. The van der Waals surface area contributed by atoms with Crippen molar-refractivity contribution in [3.05, 3.63) is 42.1 Å². The number of nitrogens with zero attached hydrogens (tertiary/aromatic N) is 4. The molecule has 2 saturated heterocycles. The number of anilines is 3. The molecule has 29 heavy (non-hydrogen) atoms. The van der Waals surface area contributed by atoms with Gasteiger partial charge in [0.2, 0.25) is 5.91 Å². The fourth-order valence-electron chi connectivity index (χ4n) is 3.91. The Labute approximate surface area is 170 Å². The molecule has 2 aromatic rings. The van der Waals surface area contributed by atoms with Gasteiger partial charge in [0.1, 0.15) is 0 Å². The summed E-state index contributed by atoms with van der Waals surface area (Å²) in [5.74, 6) is 0.624. The van der Waals surface area contributed by atoms with Crippen LogP contribution in [0.2, 0.25) is 0 Å². The van der Waals surface area contributed by atoms with E-state index >= 15 is 0 Å². The average Bonchev–Trinajstić information content (AvgIpc) is 3.40. The van der Waals surface area contributed by atoms with E-state index in [1.807, 2.05) is 6.20 Å². The molecule has 0 saturated carbocycles. The third-order valence-electron chi connectivity index (χ3n) is 5.41. The summed E-state index contributed by atoms with van der Waals surface area (Å²) in [6, 6.07) is 9.07. The van der Waals surface area contributed by atoms with Gasteiger partial charge >= 0.3 is 0 Å². The Balaban J connectivity index is 1.34. The standard InChI is InChI=1S/C21H26N6O2/c1-15(28)23-17-6-4-16(5-7-17)21(29)24-18-8-11-27(14-18)20-12-19(13-22-25-20)26-9-2-3-10-26/h4-7,12-13,18H,2-3,8-11,14H2,1H3,(H,23,28)(H,24,29). The van der Waals surface area contributed by atoms with Crippen molar-refractivity contribution in [2.45, 2.75) is 32.2 Å². The first-order valence-corrected chi connectivity index (χ1v) is 10.1. The van der Waals surface area contributed by atoms with Gasteiger partial charge in [0.05, 0.1) is 11.9 Å². The number of carbonyl (C=O) groups excluding carboxylic acids is 2. The number of amides is 2. The van der Waals surface area contributed by atoms with Crippen LogP contribution in [0.1, 0.15) is 36.5 Å². The van der Waals surface area contributed by atoms with Crippen molar-refractivity contribution in [1.82, 2.24) is 15.5 Å². The molecule has 0 spiro atoms. The molecule has 0 bridgehead atoms. The molecular formula is C21H26N6O2. The van der Waals surface area contributed by atoms with Gasteiger partial charge in [-0.3, -0.25) is 9.59 Å². The summed E-state index contributed by atoms with van der Waals surface area (Å²) in [5.41, 5.74) is 2.38. The monoisotopic (exact) mass is 394 g/mol. The lowest BCUT2D eigenvalue weighted by atomic mass is 10.1. The molecular weight excluding hydrogens is 368 g/mol. The summed E-state index contributed by atoms with van der Waals surface area (Å²) in [6.45, 7) is 5.16. The van der Waals surface area contributed by atoms with Gasteiger partial charge in [0, 0.05) is 56.5 Å². The van der Waals surface area contributed by atoms with Gasteiger partial charge in [-0.1, -0.05) is 0 Å². The zero-order valence-corrected chi connectivity index (χ0v) is 16.6. The summed E-state index contributed by atoms with van der Waals surface area (Å²) in [4.78, 5) is 28.2. The van der Waals surface area contributed by atoms with Gasteiger partial charge in [0.25, 0.3) is 5.91 Å². The Morgan fingerprint density at radius 1 is 1.07 bits per heavy atom. The molecule has 1 aromatic heterocycles. The van der Waals surface area contributed by atoms with Crippen LogP contribution < -0.4 is 20.4 Å². The molecule has 2 aliphatic rings. The summed E-state index contributed by atoms with van der Waals surface area (Å²) >= 11 is 0. The maximum absolute atomic E-state index is 12.6. The molecule has 8 nitrogen and oxygen atoms in total. The Hall–Kier alpha value is -3.16. The van der Waals surface area contributed by atoms with Crippen LogP contribution in [0.3, 0.4) is 0 Å². The molecule has 0 radical (unpaired) electrons. The van der Waals surface area contributed by atoms with Crippen molar-refractivity contribution in [3.8, 4) is 0 Å². The van der Waals surface area contributed by atoms with Crippen LogP contribution in [0.5, 0.6) is 0 Å². The Morgan fingerprint density at radius 3 is 2.55 bits per heavy atom. The molecule has 0 aliphatic carbocycles. The first kappa shape index (κ1) is 19.2. The van der Waals surface area contributed by atoms with Crippen molar-refractivity contribution in [2.75, 3.05) is 41.3 Å². The molecule has 152 valence electrons. The van der Waals surface area contributed by atoms with Gasteiger partial charge < -0.3 is 20.4 Å². The second kappa shape index (κ2) is 8.46. The van der Waals surface area contributed by atoms with Crippen LogP contribution in [0.4, 0.5) is 17.2 Å². The predicted molar refractivity (Wildman–Crippen MR) is 112 cm³/mol. The van der Waals surface area contributed by atoms with E-state index in [0.29, 0.717) is 17.8 Å². The third kappa shape index (κ3) is 4.64. The molecule has 1 unspecified atom stereocenters. The molecule has 4 rings (SSSR count). The highest BCUT2D eigenvalue weighted by atomic mass is 16.2. The van der Waals surface area contributed by atoms with Crippen molar-refractivity contribution in [2.24, 2.45) is 0 Å². The molecule has 2 aliphatic heterocycles. The van der Waals surface area contributed by atoms with Crippen LogP contribution in [-0.4, -0.2) is 54.2 Å². The summed E-state index contributed by atoms with van der Waals surface area (Å²) in [5, 5.41) is 14.3. The van der Waals surface area contributed by atoms with Crippen molar-refractivity contribution >= 4 is 29.0 Å². The molecule has 2 fully saturated rings. The first-order chi connectivity index (χ1) is 14.1. The number of hydrogen-bond acceptors (Lipinski definition) is 6. The average molecular weight is 394 g/mol. The van der Waals surface area contributed by atoms with Crippen LogP contribution >= 0.6 is 0 Å².